The van der Waals surface area contributed by atoms with Crippen molar-refractivity contribution in [3.63, 3.8) is 0 Å². The van der Waals surface area contributed by atoms with E-state index in [1.54, 1.807) is 14.1 Å². The fourth-order valence-electron chi connectivity index (χ4n) is 2.37. The van der Waals surface area contributed by atoms with Crippen molar-refractivity contribution < 1.29 is 9.53 Å². The molecule has 0 spiro atoms. The van der Waals surface area contributed by atoms with Gasteiger partial charge in [-0.15, -0.1) is 0 Å². The summed E-state index contributed by atoms with van der Waals surface area (Å²) < 4.78 is 5.36. The lowest BCUT2D eigenvalue weighted by atomic mass is 10.0. The molecule has 0 bridgehead atoms. The number of alkyl halides is 1. The fourth-order valence-corrected chi connectivity index (χ4v) is 2.37. The molecule has 1 amide bonds. The Morgan fingerprint density at radius 3 is 2.21 bits per heavy atom. The van der Waals surface area contributed by atoms with E-state index in [0.717, 1.165) is 6.42 Å². The number of benzene rings is 1. The fraction of sp³-hybridized carbons (Fsp3) is 0.632. The molecule has 0 saturated carbocycles. The lowest BCUT2D eigenvalue weighted by Crippen LogP contribution is -2.25. The lowest BCUT2D eigenvalue weighted by Gasteiger charge is -2.19. The Labute approximate surface area is 161 Å². The monoisotopic (exact) mass is 448 g/mol. The van der Waals surface area contributed by atoms with Crippen LogP contribution >= 0.6 is 22.6 Å². The molecule has 5 heteroatoms. The topological polar surface area (TPSA) is 32.8 Å². The summed E-state index contributed by atoms with van der Waals surface area (Å²) in [5.41, 5.74) is 2.44. The van der Waals surface area contributed by atoms with Gasteiger partial charge in [-0.05, 0) is 41.5 Å². The molecule has 0 aliphatic carbocycles. The molecule has 0 N–H and O–H groups in total. The van der Waals surface area contributed by atoms with Crippen LogP contribution in [-0.2, 0) is 6.42 Å². The van der Waals surface area contributed by atoms with E-state index in [1.165, 1.54) is 48.3 Å². The Balaban J connectivity index is 0.00000254. The molecule has 138 valence electrons. The van der Waals surface area contributed by atoms with Gasteiger partial charge in [0.15, 0.2) is 0 Å². The summed E-state index contributed by atoms with van der Waals surface area (Å²) in [6.45, 7) is 2.23. The first-order valence-corrected chi connectivity index (χ1v) is 10.7. The van der Waals surface area contributed by atoms with Crippen molar-refractivity contribution in [2.24, 2.45) is 0 Å². The highest BCUT2D eigenvalue weighted by Crippen LogP contribution is 2.26. The molecule has 0 unspecified atom stereocenters. The maximum absolute atomic E-state index is 11.7. The molecule has 0 radical (unpaired) electrons. The molecule has 1 rings (SSSR count). The van der Waals surface area contributed by atoms with Crippen molar-refractivity contribution in [3.8, 4) is 5.75 Å². The quantitative estimate of drug-likeness (QED) is 0.304. The number of hydrogen-bond donors (Lipinski definition) is 0. The van der Waals surface area contributed by atoms with Gasteiger partial charge in [0.1, 0.15) is 5.75 Å². The van der Waals surface area contributed by atoms with E-state index in [1.807, 2.05) is 37.2 Å². The molecule has 0 aliphatic rings. The number of halogens is 1. The highest BCUT2D eigenvalue weighted by Gasteiger charge is 2.10. The Kier molecular flexibility index (Phi) is 12.8. The summed E-state index contributed by atoms with van der Waals surface area (Å²) >= 11 is 2.15. The van der Waals surface area contributed by atoms with Crippen molar-refractivity contribution in [2.75, 3.05) is 38.0 Å². The molecule has 0 fully saturated rings. The summed E-state index contributed by atoms with van der Waals surface area (Å²) in [5, 5.41) is 0. The number of carbonyl (C=O) groups is 1. The Morgan fingerprint density at radius 1 is 1.04 bits per heavy atom. The van der Waals surface area contributed by atoms with Crippen molar-refractivity contribution in [3.05, 3.63) is 23.8 Å². The van der Waals surface area contributed by atoms with Gasteiger partial charge in [0.2, 0.25) is 0 Å². The van der Waals surface area contributed by atoms with E-state index < -0.39 is 0 Å². The van der Waals surface area contributed by atoms with Gasteiger partial charge in [0.05, 0.1) is 0 Å². The van der Waals surface area contributed by atoms with Gasteiger partial charge >= 0.3 is 6.09 Å². The SMILES string of the molecule is CCCCCCCc1cc(OC(=O)N(C)C)ccc1N(C)C.CI. The second kappa shape index (κ2) is 13.3. The lowest BCUT2D eigenvalue weighted by molar-refractivity contribution is 0.172. The molecule has 1 aromatic rings. The summed E-state index contributed by atoms with van der Waals surface area (Å²) in [4.78, 5) is 17.2. The smallest absolute Gasteiger partial charge is 0.410 e. The van der Waals surface area contributed by atoms with Crippen LogP contribution in [0.2, 0.25) is 0 Å². The number of aryl methyl sites for hydroxylation is 1. The molecule has 0 saturated heterocycles. The molecular weight excluding hydrogens is 415 g/mol. The highest BCUT2D eigenvalue weighted by atomic mass is 127. The van der Waals surface area contributed by atoms with E-state index in [-0.39, 0.29) is 6.09 Å². The van der Waals surface area contributed by atoms with Crippen LogP contribution in [0.3, 0.4) is 0 Å². The average Bonchev–Trinajstić information content (AvgIpc) is 2.56. The Morgan fingerprint density at radius 2 is 1.67 bits per heavy atom. The van der Waals surface area contributed by atoms with Gasteiger partial charge < -0.3 is 14.5 Å². The van der Waals surface area contributed by atoms with E-state index in [2.05, 4.69) is 34.4 Å². The maximum Gasteiger partial charge on any atom is 0.414 e. The van der Waals surface area contributed by atoms with Crippen LogP contribution in [0.5, 0.6) is 5.75 Å². The van der Waals surface area contributed by atoms with E-state index in [4.69, 9.17) is 4.74 Å². The van der Waals surface area contributed by atoms with Crippen molar-refractivity contribution in [2.45, 2.75) is 45.4 Å². The first-order valence-electron chi connectivity index (χ1n) is 8.53. The van der Waals surface area contributed by atoms with E-state index >= 15 is 0 Å². The molecular formula is C19H33IN2O2. The summed E-state index contributed by atoms with van der Waals surface area (Å²) in [6.07, 6.45) is 6.97. The third kappa shape index (κ3) is 8.76. The number of rotatable bonds is 8. The zero-order valence-corrected chi connectivity index (χ0v) is 18.2. The molecule has 24 heavy (non-hydrogen) atoms. The number of unbranched alkanes of at least 4 members (excludes halogenated alkanes) is 4. The number of amides is 1. The van der Waals surface area contributed by atoms with Crippen molar-refractivity contribution in [1.29, 1.82) is 0 Å². The third-order valence-corrected chi connectivity index (χ3v) is 3.65. The number of ether oxygens (including phenoxy) is 1. The van der Waals surface area contributed by atoms with Crippen molar-refractivity contribution >= 4 is 34.4 Å². The molecule has 0 heterocycles. The van der Waals surface area contributed by atoms with Gasteiger partial charge in [-0.2, -0.15) is 0 Å². The summed E-state index contributed by atoms with van der Waals surface area (Å²) in [7, 11) is 7.46. The zero-order valence-electron chi connectivity index (χ0n) is 16.1. The Hall–Kier alpha value is -0.980. The normalized spacial score (nSPS) is 9.79. The molecule has 1 aromatic carbocycles. The molecule has 4 nitrogen and oxygen atoms in total. The van der Waals surface area contributed by atoms with Gasteiger partial charge in [-0.1, -0.05) is 55.2 Å². The zero-order chi connectivity index (χ0) is 18.5. The van der Waals surface area contributed by atoms with Crippen LogP contribution in [0.25, 0.3) is 0 Å². The highest BCUT2D eigenvalue weighted by molar-refractivity contribution is 14.1. The summed E-state index contributed by atoms with van der Waals surface area (Å²) in [6, 6.07) is 5.88. The van der Waals surface area contributed by atoms with Gasteiger partial charge in [0, 0.05) is 33.9 Å². The molecule has 0 aliphatic heterocycles. The number of nitrogens with zero attached hydrogens (tertiary/aromatic N) is 2. The molecule has 0 atom stereocenters. The van der Waals surface area contributed by atoms with Crippen LogP contribution in [0, 0.1) is 0 Å². The second-order valence-corrected chi connectivity index (χ2v) is 6.11. The number of hydrogen-bond acceptors (Lipinski definition) is 3. The number of carbonyl (C=O) groups excluding carboxylic acids is 1. The van der Waals surface area contributed by atoms with Crippen LogP contribution < -0.4 is 9.64 Å². The van der Waals surface area contributed by atoms with E-state index in [9.17, 15) is 4.79 Å². The largest absolute Gasteiger partial charge is 0.414 e. The first-order chi connectivity index (χ1) is 11.5. The van der Waals surface area contributed by atoms with Gasteiger partial charge in [-0.25, -0.2) is 4.79 Å². The van der Waals surface area contributed by atoms with Crippen LogP contribution in [0.1, 0.15) is 44.6 Å². The van der Waals surface area contributed by atoms with Crippen molar-refractivity contribution in [1.82, 2.24) is 4.90 Å². The third-order valence-electron chi connectivity index (χ3n) is 3.65. The summed E-state index contributed by atoms with van der Waals surface area (Å²) in [5.74, 6) is 0.618. The van der Waals surface area contributed by atoms with Crippen LogP contribution in [0.4, 0.5) is 10.5 Å². The van der Waals surface area contributed by atoms with Gasteiger partial charge in [0.25, 0.3) is 0 Å². The van der Waals surface area contributed by atoms with Gasteiger partial charge in [-0.3, -0.25) is 0 Å². The van der Waals surface area contributed by atoms with E-state index in [0.29, 0.717) is 5.75 Å². The maximum atomic E-state index is 11.7. The predicted molar refractivity (Wildman–Crippen MR) is 113 cm³/mol. The minimum atomic E-state index is -0.341. The number of anilines is 1. The minimum absolute atomic E-state index is 0.341. The van der Waals surface area contributed by atoms with Crippen LogP contribution in [0.15, 0.2) is 18.2 Å². The molecule has 0 aromatic heterocycles. The Bertz CT molecular complexity index is 476. The first kappa shape index (κ1) is 23.0. The average molecular weight is 448 g/mol. The minimum Gasteiger partial charge on any atom is -0.410 e. The van der Waals surface area contributed by atoms with Crippen LogP contribution in [-0.4, -0.2) is 44.1 Å². The predicted octanol–water partition coefficient (Wildman–Crippen LogP) is 5.38. The standard InChI is InChI=1S/C18H30N2O2.CH3I/c1-6-7-8-9-10-11-15-14-16(22-18(21)20(4)5)12-13-17(15)19(2)3;1-2/h12-14H,6-11H2,1-5H3;1H3. The second-order valence-electron chi connectivity index (χ2n) is 6.11.